The molecule has 0 radical (unpaired) electrons. The van der Waals surface area contributed by atoms with Crippen LogP contribution >= 0.6 is 22.6 Å². The smallest absolute Gasteiger partial charge is 0.257 e. The Morgan fingerprint density at radius 1 is 1.35 bits per heavy atom. The molecule has 1 N–H and O–H groups in total. The monoisotopic (exact) mass is 347 g/mol. The van der Waals surface area contributed by atoms with E-state index in [1.165, 1.54) is 0 Å². The number of carbonyl (C=O) groups is 1. The van der Waals surface area contributed by atoms with E-state index in [0.29, 0.717) is 12.5 Å². The van der Waals surface area contributed by atoms with E-state index in [9.17, 15) is 4.79 Å². The lowest BCUT2D eigenvalue weighted by molar-refractivity contribution is -0.123. The zero-order valence-electron chi connectivity index (χ0n) is 10.2. The Bertz CT molecular complexity index is 349. The fourth-order valence-corrected chi connectivity index (χ4v) is 1.59. The number of carbonyl (C=O) groups excluding carboxylic acids is 1. The number of ether oxygens (including phenoxy) is 1. The van der Waals surface area contributed by atoms with Crippen LogP contribution in [0.2, 0.25) is 0 Å². The fourth-order valence-electron chi connectivity index (χ4n) is 1.23. The molecule has 0 unspecified atom stereocenters. The van der Waals surface area contributed by atoms with E-state index < -0.39 is 0 Å². The number of hydrogen-bond donors (Lipinski definition) is 1. The van der Waals surface area contributed by atoms with Gasteiger partial charge in [0.2, 0.25) is 0 Å². The molecular weight excluding hydrogens is 329 g/mol. The molecule has 17 heavy (non-hydrogen) atoms. The summed E-state index contributed by atoms with van der Waals surface area (Å²) in [6, 6.07) is 7.63. The Morgan fingerprint density at radius 3 is 2.59 bits per heavy atom. The van der Waals surface area contributed by atoms with E-state index in [1.807, 2.05) is 24.3 Å². The number of amides is 1. The summed E-state index contributed by atoms with van der Waals surface area (Å²) < 4.78 is 6.51. The lowest BCUT2D eigenvalue weighted by atomic mass is 10.1. The van der Waals surface area contributed by atoms with Crippen molar-refractivity contribution in [1.82, 2.24) is 5.32 Å². The molecule has 94 valence electrons. The van der Waals surface area contributed by atoms with E-state index in [1.54, 1.807) is 0 Å². The van der Waals surface area contributed by atoms with E-state index in [0.717, 1.165) is 15.7 Å². The topological polar surface area (TPSA) is 38.3 Å². The predicted octanol–water partition coefficient (Wildman–Crippen LogP) is 2.83. The maximum absolute atomic E-state index is 11.4. The Labute approximate surface area is 116 Å². The van der Waals surface area contributed by atoms with Crippen molar-refractivity contribution < 1.29 is 9.53 Å². The van der Waals surface area contributed by atoms with Gasteiger partial charge in [-0.25, -0.2) is 0 Å². The minimum Gasteiger partial charge on any atom is -0.484 e. The van der Waals surface area contributed by atoms with Crippen molar-refractivity contribution in [2.45, 2.75) is 20.3 Å². The number of nitrogens with one attached hydrogen (secondary N) is 1. The van der Waals surface area contributed by atoms with Gasteiger partial charge in [0.05, 0.1) is 0 Å². The summed E-state index contributed by atoms with van der Waals surface area (Å²) in [5, 5.41) is 2.83. The van der Waals surface area contributed by atoms with Crippen LogP contribution in [0.15, 0.2) is 24.3 Å². The van der Waals surface area contributed by atoms with Crippen molar-refractivity contribution in [3.8, 4) is 5.75 Å². The minimum absolute atomic E-state index is 0.0656. The van der Waals surface area contributed by atoms with Crippen LogP contribution in [0.1, 0.15) is 20.3 Å². The highest BCUT2D eigenvalue weighted by atomic mass is 127. The molecule has 0 saturated carbocycles. The van der Waals surface area contributed by atoms with Crippen LogP contribution in [-0.4, -0.2) is 19.1 Å². The average Bonchev–Trinajstić information content (AvgIpc) is 2.28. The second-order valence-electron chi connectivity index (χ2n) is 4.28. The van der Waals surface area contributed by atoms with Crippen LogP contribution in [0.3, 0.4) is 0 Å². The maximum atomic E-state index is 11.4. The molecule has 0 spiro atoms. The summed E-state index contributed by atoms with van der Waals surface area (Å²) in [4.78, 5) is 11.4. The van der Waals surface area contributed by atoms with Gasteiger partial charge in [0, 0.05) is 10.1 Å². The molecule has 1 aromatic carbocycles. The SMILES string of the molecule is CC(C)CCNC(=O)COc1ccc(I)cc1. The zero-order valence-corrected chi connectivity index (χ0v) is 12.4. The molecule has 0 aromatic heterocycles. The van der Waals surface area contributed by atoms with Crippen molar-refractivity contribution in [1.29, 1.82) is 0 Å². The fraction of sp³-hybridized carbons (Fsp3) is 0.462. The van der Waals surface area contributed by atoms with Crippen molar-refractivity contribution >= 4 is 28.5 Å². The molecule has 1 amide bonds. The first-order chi connectivity index (χ1) is 8.08. The van der Waals surface area contributed by atoms with Crippen LogP contribution in [0.25, 0.3) is 0 Å². The molecule has 1 aromatic rings. The summed E-state index contributed by atoms with van der Waals surface area (Å²) in [5.74, 6) is 1.26. The highest BCUT2D eigenvalue weighted by molar-refractivity contribution is 14.1. The van der Waals surface area contributed by atoms with Crippen molar-refractivity contribution in [3.63, 3.8) is 0 Å². The molecule has 0 bridgehead atoms. The lowest BCUT2D eigenvalue weighted by Crippen LogP contribution is -2.30. The molecule has 0 atom stereocenters. The second-order valence-corrected chi connectivity index (χ2v) is 5.52. The van der Waals surface area contributed by atoms with Gasteiger partial charge in [-0.2, -0.15) is 0 Å². The van der Waals surface area contributed by atoms with E-state index >= 15 is 0 Å². The highest BCUT2D eigenvalue weighted by Crippen LogP contribution is 2.13. The van der Waals surface area contributed by atoms with Gasteiger partial charge in [-0.15, -0.1) is 0 Å². The molecule has 0 aliphatic heterocycles. The first-order valence-electron chi connectivity index (χ1n) is 5.73. The Hall–Kier alpha value is -0.780. The third-order valence-electron chi connectivity index (χ3n) is 2.23. The predicted molar refractivity (Wildman–Crippen MR) is 77.1 cm³/mol. The van der Waals surface area contributed by atoms with E-state index in [2.05, 4.69) is 41.8 Å². The molecule has 0 aliphatic rings. The van der Waals surface area contributed by atoms with Gasteiger partial charge in [0.15, 0.2) is 6.61 Å². The van der Waals surface area contributed by atoms with Gasteiger partial charge in [-0.1, -0.05) is 13.8 Å². The van der Waals surface area contributed by atoms with Crippen molar-refractivity contribution in [2.24, 2.45) is 5.92 Å². The standard InChI is InChI=1S/C13H18INO2/c1-10(2)7-8-15-13(16)9-17-12-5-3-11(14)4-6-12/h3-6,10H,7-9H2,1-2H3,(H,15,16). The lowest BCUT2D eigenvalue weighted by Gasteiger charge is -2.08. The van der Waals surface area contributed by atoms with E-state index in [4.69, 9.17) is 4.74 Å². The summed E-state index contributed by atoms with van der Waals surface area (Å²) in [5.41, 5.74) is 0. The number of hydrogen-bond acceptors (Lipinski definition) is 2. The Morgan fingerprint density at radius 2 is 2.00 bits per heavy atom. The Balaban J connectivity index is 2.21. The molecule has 0 saturated heterocycles. The van der Waals surface area contributed by atoms with Crippen LogP contribution in [0.5, 0.6) is 5.75 Å². The number of benzene rings is 1. The van der Waals surface area contributed by atoms with Gasteiger partial charge in [-0.3, -0.25) is 4.79 Å². The Kier molecular flexibility index (Phi) is 6.32. The normalized spacial score (nSPS) is 10.4. The quantitative estimate of drug-likeness (QED) is 0.804. The van der Waals surface area contributed by atoms with Gasteiger partial charge < -0.3 is 10.1 Å². The maximum Gasteiger partial charge on any atom is 0.257 e. The van der Waals surface area contributed by atoms with Crippen LogP contribution in [0, 0.1) is 9.49 Å². The summed E-state index contributed by atoms with van der Waals surface area (Å²) in [6.07, 6.45) is 0.995. The molecular formula is C13H18INO2. The number of halogens is 1. The van der Waals surface area contributed by atoms with Gasteiger partial charge in [0.1, 0.15) is 5.75 Å². The van der Waals surface area contributed by atoms with Crippen LogP contribution < -0.4 is 10.1 Å². The second kappa shape index (κ2) is 7.53. The van der Waals surface area contributed by atoms with Gasteiger partial charge in [0.25, 0.3) is 5.91 Å². The van der Waals surface area contributed by atoms with Gasteiger partial charge in [-0.05, 0) is 59.2 Å². The van der Waals surface area contributed by atoms with E-state index in [-0.39, 0.29) is 12.5 Å². The summed E-state index contributed by atoms with van der Waals surface area (Å²) >= 11 is 2.23. The molecule has 3 nitrogen and oxygen atoms in total. The van der Waals surface area contributed by atoms with Crippen LogP contribution in [0.4, 0.5) is 0 Å². The van der Waals surface area contributed by atoms with Crippen molar-refractivity contribution in [2.75, 3.05) is 13.2 Å². The molecule has 0 heterocycles. The first kappa shape index (κ1) is 14.3. The summed E-state index contributed by atoms with van der Waals surface area (Å²) in [7, 11) is 0. The van der Waals surface area contributed by atoms with Gasteiger partial charge >= 0.3 is 0 Å². The number of rotatable bonds is 6. The average molecular weight is 347 g/mol. The summed E-state index contributed by atoms with van der Waals surface area (Å²) in [6.45, 7) is 5.06. The molecule has 1 rings (SSSR count). The zero-order chi connectivity index (χ0) is 12.7. The molecule has 0 fully saturated rings. The third kappa shape index (κ3) is 6.51. The van der Waals surface area contributed by atoms with Crippen LogP contribution in [-0.2, 0) is 4.79 Å². The highest BCUT2D eigenvalue weighted by Gasteiger charge is 2.02. The first-order valence-corrected chi connectivity index (χ1v) is 6.81. The third-order valence-corrected chi connectivity index (χ3v) is 2.95. The molecule has 4 heteroatoms. The molecule has 0 aliphatic carbocycles. The van der Waals surface area contributed by atoms with Crippen molar-refractivity contribution in [3.05, 3.63) is 27.8 Å². The minimum atomic E-state index is -0.0656. The largest absolute Gasteiger partial charge is 0.484 e.